The van der Waals surface area contributed by atoms with Crippen LogP contribution in [-0.2, 0) is 9.84 Å². The van der Waals surface area contributed by atoms with Crippen LogP contribution in [0.4, 0.5) is 0 Å². The van der Waals surface area contributed by atoms with Crippen molar-refractivity contribution in [1.29, 1.82) is 0 Å². The third kappa shape index (κ3) is 7.77. The molecule has 68 valence electrons. The van der Waals surface area contributed by atoms with Crippen molar-refractivity contribution < 1.29 is 8.42 Å². The molecule has 0 aromatic rings. The molecular formula is C6H16N2O2S. The monoisotopic (exact) mass is 180 g/mol. The quantitative estimate of drug-likeness (QED) is 0.567. The molecular weight excluding hydrogens is 164 g/mol. The van der Waals surface area contributed by atoms with E-state index >= 15 is 0 Å². The maximum absolute atomic E-state index is 10.6. The summed E-state index contributed by atoms with van der Waals surface area (Å²) < 4.78 is 21.3. The van der Waals surface area contributed by atoms with Gasteiger partial charge in [0, 0.05) is 25.4 Å². The van der Waals surface area contributed by atoms with E-state index in [2.05, 4.69) is 5.32 Å². The van der Waals surface area contributed by atoms with Gasteiger partial charge in [0.15, 0.2) is 0 Å². The SMILES string of the molecule is C[C@H](CN)NCCS(C)(=O)=O. The fraction of sp³-hybridized carbons (Fsp3) is 1.00. The van der Waals surface area contributed by atoms with Gasteiger partial charge in [-0.15, -0.1) is 0 Å². The van der Waals surface area contributed by atoms with E-state index in [0.29, 0.717) is 13.1 Å². The van der Waals surface area contributed by atoms with Crippen molar-refractivity contribution in [3.05, 3.63) is 0 Å². The lowest BCUT2D eigenvalue weighted by molar-refractivity contribution is 0.564. The molecule has 0 aromatic carbocycles. The molecule has 1 atom stereocenters. The summed E-state index contributed by atoms with van der Waals surface area (Å²) in [5, 5.41) is 2.98. The molecule has 0 rings (SSSR count). The van der Waals surface area contributed by atoms with Gasteiger partial charge < -0.3 is 11.1 Å². The van der Waals surface area contributed by atoms with Crippen molar-refractivity contribution in [1.82, 2.24) is 5.32 Å². The van der Waals surface area contributed by atoms with Crippen LogP contribution in [0.3, 0.4) is 0 Å². The van der Waals surface area contributed by atoms with Crippen LogP contribution in [0.25, 0.3) is 0 Å². The second-order valence-electron chi connectivity index (χ2n) is 2.72. The Kier molecular flexibility index (Phi) is 4.63. The van der Waals surface area contributed by atoms with Crippen molar-refractivity contribution in [2.75, 3.05) is 25.1 Å². The fourth-order valence-corrected chi connectivity index (χ4v) is 1.06. The van der Waals surface area contributed by atoms with E-state index in [1.54, 1.807) is 0 Å². The summed E-state index contributed by atoms with van der Waals surface area (Å²) in [5.41, 5.74) is 5.31. The number of hydrogen-bond donors (Lipinski definition) is 2. The summed E-state index contributed by atoms with van der Waals surface area (Å²) in [6.07, 6.45) is 1.22. The van der Waals surface area contributed by atoms with Gasteiger partial charge in [-0.2, -0.15) is 0 Å². The van der Waals surface area contributed by atoms with Gasteiger partial charge in [-0.1, -0.05) is 0 Å². The van der Waals surface area contributed by atoms with Crippen LogP contribution in [0.5, 0.6) is 0 Å². The molecule has 0 saturated carbocycles. The average molecular weight is 180 g/mol. The van der Waals surface area contributed by atoms with Crippen LogP contribution >= 0.6 is 0 Å². The first-order valence-electron chi connectivity index (χ1n) is 3.57. The highest BCUT2D eigenvalue weighted by atomic mass is 32.2. The van der Waals surface area contributed by atoms with Crippen LogP contribution in [0.1, 0.15) is 6.92 Å². The molecule has 4 nitrogen and oxygen atoms in total. The number of sulfone groups is 1. The Morgan fingerprint density at radius 1 is 1.55 bits per heavy atom. The van der Waals surface area contributed by atoms with Gasteiger partial charge in [0.05, 0.1) is 5.75 Å². The van der Waals surface area contributed by atoms with Crippen molar-refractivity contribution in [2.45, 2.75) is 13.0 Å². The van der Waals surface area contributed by atoms with E-state index in [9.17, 15) is 8.42 Å². The normalized spacial score (nSPS) is 14.8. The van der Waals surface area contributed by atoms with Gasteiger partial charge in [0.1, 0.15) is 9.84 Å². The first kappa shape index (κ1) is 10.9. The lowest BCUT2D eigenvalue weighted by Gasteiger charge is -2.09. The molecule has 0 fully saturated rings. The molecule has 0 bridgehead atoms. The molecule has 0 saturated heterocycles. The highest BCUT2D eigenvalue weighted by Gasteiger charge is 2.02. The predicted octanol–water partition coefficient (Wildman–Crippen LogP) is -1.03. The van der Waals surface area contributed by atoms with Gasteiger partial charge in [-0.25, -0.2) is 8.42 Å². The summed E-state index contributed by atoms with van der Waals surface area (Å²) in [6, 6.07) is 0.191. The molecule has 0 amide bonds. The van der Waals surface area contributed by atoms with Crippen molar-refractivity contribution in [3.8, 4) is 0 Å². The zero-order valence-electron chi connectivity index (χ0n) is 7.00. The first-order valence-corrected chi connectivity index (χ1v) is 5.63. The number of nitrogens with two attached hydrogens (primary N) is 1. The Morgan fingerprint density at radius 2 is 2.09 bits per heavy atom. The molecule has 0 heterocycles. The van der Waals surface area contributed by atoms with E-state index in [1.807, 2.05) is 6.92 Å². The van der Waals surface area contributed by atoms with E-state index < -0.39 is 9.84 Å². The first-order chi connectivity index (χ1) is 4.95. The van der Waals surface area contributed by atoms with Gasteiger partial charge >= 0.3 is 0 Å². The molecule has 0 aliphatic heterocycles. The molecule has 0 aliphatic carbocycles. The highest BCUT2D eigenvalue weighted by molar-refractivity contribution is 7.90. The lowest BCUT2D eigenvalue weighted by Crippen LogP contribution is -2.36. The minimum Gasteiger partial charge on any atom is -0.329 e. The summed E-state index contributed by atoms with van der Waals surface area (Å²) >= 11 is 0. The van der Waals surface area contributed by atoms with Crippen LogP contribution in [-0.4, -0.2) is 39.6 Å². The summed E-state index contributed by atoms with van der Waals surface area (Å²) in [7, 11) is -2.83. The second-order valence-corrected chi connectivity index (χ2v) is 4.98. The average Bonchev–Trinajstić information content (AvgIpc) is 1.85. The van der Waals surface area contributed by atoms with E-state index in [1.165, 1.54) is 6.26 Å². The second kappa shape index (κ2) is 4.69. The van der Waals surface area contributed by atoms with Gasteiger partial charge in [-0.3, -0.25) is 0 Å². The number of hydrogen-bond acceptors (Lipinski definition) is 4. The van der Waals surface area contributed by atoms with Gasteiger partial charge in [0.25, 0.3) is 0 Å². The van der Waals surface area contributed by atoms with Crippen LogP contribution in [0.2, 0.25) is 0 Å². The smallest absolute Gasteiger partial charge is 0.148 e. The Labute approximate surface area is 68.1 Å². The van der Waals surface area contributed by atoms with E-state index in [0.717, 1.165) is 0 Å². The molecule has 5 heteroatoms. The molecule has 0 spiro atoms. The molecule has 0 unspecified atom stereocenters. The molecule has 0 radical (unpaired) electrons. The zero-order valence-corrected chi connectivity index (χ0v) is 7.82. The van der Waals surface area contributed by atoms with Crippen molar-refractivity contribution in [3.63, 3.8) is 0 Å². The third-order valence-corrected chi connectivity index (χ3v) is 2.26. The van der Waals surface area contributed by atoms with Gasteiger partial charge in [-0.05, 0) is 6.92 Å². The highest BCUT2D eigenvalue weighted by Crippen LogP contribution is 1.81. The summed E-state index contributed by atoms with van der Waals surface area (Å²) in [6.45, 7) is 2.93. The maximum atomic E-state index is 10.6. The predicted molar refractivity (Wildman–Crippen MR) is 46.2 cm³/mol. The van der Waals surface area contributed by atoms with Crippen LogP contribution in [0.15, 0.2) is 0 Å². The summed E-state index contributed by atoms with van der Waals surface area (Å²) in [4.78, 5) is 0. The molecule has 11 heavy (non-hydrogen) atoms. The standard InChI is InChI=1S/C6H16N2O2S/c1-6(5-7)8-3-4-11(2,9)10/h6,8H,3-5,7H2,1-2H3/t6-/m1/s1. The zero-order chi connectivity index (χ0) is 8.91. The Hall–Kier alpha value is -0.130. The van der Waals surface area contributed by atoms with Crippen molar-refractivity contribution >= 4 is 9.84 Å². The van der Waals surface area contributed by atoms with Crippen molar-refractivity contribution in [2.24, 2.45) is 5.73 Å². The molecule has 0 aliphatic rings. The van der Waals surface area contributed by atoms with Gasteiger partial charge in [0.2, 0.25) is 0 Å². The maximum Gasteiger partial charge on any atom is 0.148 e. The van der Waals surface area contributed by atoms with E-state index in [4.69, 9.17) is 5.73 Å². The molecule has 0 aromatic heterocycles. The minimum atomic E-state index is -2.83. The number of rotatable bonds is 5. The topological polar surface area (TPSA) is 72.2 Å². The number of nitrogens with one attached hydrogen (secondary N) is 1. The lowest BCUT2D eigenvalue weighted by atomic mass is 10.3. The summed E-state index contributed by atoms with van der Waals surface area (Å²) in [5.74, 6) is 0.178. The fourth-order valence-electron chi connectivity index (χ4n) is 0.574. The largest absolute Gasteiger partial charge is 0.329 e. The minimum absolute atomic E-state index is 0.178. The Bertz CT molecular complexity index is 189. The van der Waals surface area contributed by atoms with E-state index in [-0.39, 0.29) is 11.8 Å². The van der Waals surface area contributed by atoms with Crippen LogP contribution < -0.4 is 11.1 Å². The van der Waals surface area contributed by atoms with Crippen LogP contribution in [0, 0.1) is 0 Å². The third-order valence-electron chi connectivity index (χ3n) is 1.32. The Balaban J connectivity index is 3.43. The Morgan fingerprint density at radius 3 is 2.45 bits per heavy atom. The molecule has 3 N–H and O–H groups in total.